The van der Waals surface area contributed by atoms with E-state index < -0.39 is 0 Å². The van der Waals surface area contributed by atoms with Crippen molar-refractivity contribution < 1.29 is 14.3 Å². The normalized spacial score (nSPS) is 16.1. The van der Waals surface area contributed by atoms with Gasteiger partial charge < -0.3 is 24.6 Å². The minimum Gasteiger partial charge on any atom is -0.385 e. The molecule has 0 radical (unpaired) electrons. The Morgan fingerprint density at radius 2 is 2.08 bits per heavy atom. The zero-order chi connectivity index (χ0) is 17.8. The van der Waals surface area contributed by atoms with Gasteiger partial charge in [-0.25, -0.2) is 4.99 Å². The largest absolute Gasteiger partial charge is 0.385 e. The van der Waals surface area contributed by atoms with Crippen molar-refractivity contribution in [3.05, 3.63) is 12.7 Å². The summed E-state index contributed by atoms with van der Waals surface area (Å²) in [6.07, 6.45) is 4.93. The number of hydrogen-bond donors (Lipinski definition) is 1. The van der Waals surface area contributed by atoms with E-state index in [1.807, 2.05) is 0 Å². The molecule has 0 saturated carbocycles. The van der Waals surface area contributed by atoms with E-state index in [1.54, 1.807) is 32.2 Å². The van der Waals surface area contributed by atoms with Crippen LogP contribution < -0.4 is 5.32 Å². The van der Waals surface area contributed by atoms with E-state index in [4.69, 9.17) is 9.47 Å². The Hall–Kier alpha value is -1.60. The highest BCUT2D eigenvalue weighted by molar-refractivity contribution is 5.85. The molecule has 1 heterocycles. The molecule has 0 aromatic heterocycles. The Morgan fingerprint density at radius 3 is 2.67 bits per heavy atom. The summed E-state index contributed by atoms with van der Waals surface area (Å²) in [7, 11) is 5.18. The molecule has 138 valence electrons. The van der Waals surface area contributed by atoms with Gasteiger partial charge in [-0.15, -0.1) is 6.58 Å². The van der Waals surface area contributed by atoms with Crippen LogP contribution in [0.2, 0.25) is 0 Å². The summed E-state index contributed by atoms with van der Waals surface area (Å²) in [6, 6.07) is 0. The number of nitrogens with one attached hydrogen (secondary N) is 1. The topological polar surface area (TPSA) is 66.4 Å². The fourth-order valence-electron chi connectivity index (χ4n) is 2.40. The zero-order valence-corrected chi connectivity index (χ0v) is 15.3. The molecule has 0 unspecified atom stereocenters. The van der Waals surface area contributed by atoms with Crippen LogP contribution in [0.25, 0.3) is 0 Å². The predicted octanol–water partition coefficient (Wildman–Crippen LogP) is 0.724. The first-order valence-corrected chi connectivity index (χ1v) is 8.53. The van der Waals surface area contributed by atoms with Crippen molar-refractivity contribution in [2.24, 2.45) is 4.99 Å². The summed E-state index contributed by atoms with van der Waals surface area (Å²) in [5.74, 6) is 0.757. The first-order valence-electron chi connectivity index (χ1n) is 8.53. The molecule has 1 aliphatic rings. The lowest BCUT2D eigenvalue weighted by atomic mass is 10.1. The maximum atomic E-state index is 11.7. The van der Waals surface area contributed by atoms with Gasteiger partial charge >= 0.3 is 0 Å². The summed E-state index contributed by atoms with van der Waals surface area (Å²) in [4.78, 5) is 19.9. The lowest BCUT2D eigenvalue weighted by molar-refractivity contribution is -0.127. The van der Waals surface area contributed by atoms with Gasteiger partial charge in [-0.3, -0.25) is 4.79 Å². The fraction of sp³-hybridized carbons (Fsp3) is 0.765. The summed E-state index contributed by atoms with van der Waals surface area (Å²) in [6.45, 7) is 7.72. The number of nitrogens with zero attached hydrogens (tertiary/aromatic N) is 3. The van der Waals surface area contributed by atoms with Crippen LogP contribution in [0.1, 0.15) is 19.3 Å². The van der Waals surface area contributed by atoms with Gasteiger partial charge in [0.25, 0.3) is 0 Å². The van der Waals surface area contributed by atoms with E-state index in [1.165, 1.54) is 0 Å². The molecule has 1 amide bonds. The molecule has 1 N–H and O–H groups in total. The first kappa shape index (κ1) is 20.4. The zero-order valence-electron chi connectivity index (χ0n) is 15.3. The maximum absolute atomic E-state index is 11.7. The highest BCUT2D eigenvalue weighted by Gasteiger charge is 2.22. The molecule has 7 heteroatoms. The van der Waals surface area contributed by atoms with Crippen molar-refractivity contribution in [1.29, 1.82) is 0 Å². The molecule has 1 rings (SSSR count). The SMILES string of the molecule is C=CCNC(=NCC(=O)N(C)C)N1CCC(OCCCOC)CC1. The van der Waals surface area contributed by atoms with Crippen LogP contribution in [0.15, 0.2) is 17.6 Å². The molecule has 0 aliphatic carbocycles. The van der Waals surface area contributed by atoms with Gasteiger partial charge in [-0.2, -0.15) is 0 Å². The molecule has 24 heavy (non-hydrogen) atoms. The van der Waals surface area contributed by atoms with E-state index in [0.29, 0.717) is 12.6 Å². The minimum absolute atomic E-state index is 0.00994. The number of likely N-dealkylation sites (tertiary alicyclic amines) is 1. The third-order valence-electron chi connectivity index (χ3n) is 3.86. The molecule has 7 nitrogen and oxygen atoms in total. The van der Waals surface area contributed by atoms with E-state index in [-0.39, 0.29) is 12.5 Å². The monoisotopic (exact) mass is 340 g/mol. The Labute approximate surface area is 145 Å². The van der Waals surface area contributed by atoms with Crippen molar-refractivity contribution in [2.75, 3.05) is 60.6 Å². The second kappa shape index (κ2) is 11.9. The standard InChI is InChI=1S/C17H32N4O3/c1-5-9-18-17(19-14-16(22)20(2)3)21-10-7-15(8-11-21)24-13-6-12-23-4/h5,15H,1,6-14H2,2-4H3,(H,18,19). The van der Waals surface area contributed by atoms with Crippen molar-refractivity contribution >= 4 is 11.9 Å². The summed E-state index contributed by atoms with van der Waals surface area (Å²) in [5, 5.41) is 3.24. The highest BCUT2D eigenvalue weighted by atomic mass is 16.5. The summed E-state index contributed by atoms with van der Waals surface area (Å²) in [5.41, 5.74) is 0. The number of ether oxygens (including phenoxy) is 2. The molecule has 0 atom stereocenters. The second-order valence-corrected chi connectivity index (χ2v) is 6.00. The molecule has 1 fully saturated rings. The molecular weight excluding hydrogens is 308 g/mol. The Balaban J connectivity index is 2.46. The van der Waals surface area contributed by atoms with Crippen molar-refractivity contribution in [3.8, 4) is 0 Å². The van der Waals surface area contributed by atoms with Crippen LogP contribution in [-0.2, 0) is 14.3 Å². The number of hydrogen-bond acceptors (Lipinski definition) is 4. The van der Waals surface area contributed by atoms with Crippen LogP contribution in [0.3, 0.4) is 0 Å². The predicted molar refractivity (Wildman–Crippen MR) is 96.2 cm³/mol. The Morgan fingerprint density at radius 1 is 1.38 bits per heavy atom. The van der Waals surface area contributed by atoms with Gasteiger partial charge in [-0.1, -0.05) is 6.08 Å². The Kier molecular flexibility index (Phi) is 10.1. The van der Waals surface area contributed by atoms with E-state index in [2.05, 4.69) is 21.8 Å². The van der Waals surface area contributed by atoms with E-state index >= 15 is 0 Å². The van der Waals surface area contributed by atoms with E-state index in [0.717, 1.165) is 51.5 Å². The number of piperidine rings is 1. The minimum atomic E-state index is -0.00994. The third kappa shape index (κ3) is 7.79. The van der Waals surface area contributed by atoms with Gasteiger partial charge in [0.05, 0.1) is 6.10 Å². The molecule has 1 saturated heterocycles. The van der Waals surface area contributed by atoms with Crippen LogP contribution in [-0.4, -0.2) is 88.4 Å². The molecule has 0 aromatic carbocycles. The quantitative estimate of drug-likeness (QED) is 0.290. The third-order valence-corrected chi connectivity index (χ3v) is 3.86. The van der Waals surface area contributed by atoms with Gasteiger partial charge in [0.2, 0.25) is 5.91 Å². The molecular formula is C17H32N4O3. The van der Waals surface area contributed by atoms with Crippen LogP contribution in [0.5, 0.6) is 0 Å². The van der Waals surface area contributed by atoms with Crippen LogP contribution in [0, 0.1) is 0 Å². The van der Waals surface area contributed by atoms with Crippen LogP contribution >= 0.6 is 0 Å². The van der Waals surface area contributed by atoms with Gasteiger partial charge in [-0.05, 0) is 19.3 Å². The number of carbonyl (C=O) groups excluding carboxylic acids is 1. The van der Waals surface area contributed by atoms with E-state index in [9.17, 15) is 4.79 Å². The summed E-state index contributed by atoms with van der Waals surface area (Å²) >= 11 is 0. The molecule has 0 aromatic rings. The summed E-state index contributed by atoms with van der Waals surface area (Å²) < 4.78 is 10.9. The number of guanidine groups is 1. The van der Waals surface area contributed by atoms with Crippen molar-refractivity contribution in [2.45, 2.75) is 25.4 Å². The molecule has 0 spiro atoms. The van der Waals surface area contributed by atoms with Gasteiger partial charge in [0.15, 0.2) is 5.96 Å². The van der Waals surface area contributed by atoms with Gasteiger partial charge in [0.1, 0.15) is 6.54 Å². The van der Waals surface area contributed by atoms with Crippen LogP contribution in [0.4, 0.5) is 0 Å². The number of methoxy groups -OCH3 is 1. The fourth-order valence-corrected chi connectivity index (χ4v) is 2.40. The lowest BCUT2D eigenvalue weighted by Gasteiger charge is -2.34. The molecule has 1 aliphatic heterocycles. The number of aliphatic imine (C=N–C) groups is 1. The number of carbonyl (C=O) groups is 1. The maximum Gasteiger partial charge on any atom is 0.243 e. The number of rotatable bonds is 9. The Bertz CT molecular complexity index is 405. The average Bonchev–Trinajstić information content (AvgIpc) is 2.59. The number of likely N-dealkylation sites (N-methyl/N-ethyl adjacent to an activating group) is 1. The van der Waals surface area contributed by atoms with Crippen molar-refractivity contribution in [1.82, 2.24) is 15.1 Å². The van der Waals surface area contributed by atoms with Gasteiger partial charge in [0, 0.05) is 54.1 Å². The molecule has 0 bridgehead atoms. The second-order valence-electron chi connectivity index (χ2n) is 6.00. The smallest absolute Gasteiger partial charge is 0.243 e. The van der Waals surface area contributed by atoms with Crippen molar-refractivity contribution in [3.63, 3.8) is 0 Å². The lowest BCUT2D eigenvalue weighted by Crippen LogP contribution is -2.47. The number of amides is 1. The average molecular weight is 340 g/mol. The first-order chi connectivity index (χ1) is 11.6. The highest BCUT2D eigenvalue weighted by Crippen LogP contribution is 2.14.